The highest BCUT2D eigenvalue weighted by molar-refractivity contribution is 6.32. The molecule has 0 amide bonds. The Morgan fingerprint density at radius 2 is 2.18 bits per heavy atom. The molecular weight excluding hydrogens is 234 g/mol. The summed E-state index contributed by atoms with van der Waals surface area (Å²) in [5, 5.41) is 3.93. The molecule has 0 fully saturated rings. The molecule has 1 aromatic rings. The molecule has 0 aliphatic rings. The summed E-state index contributed by atoms with van der Waals surface area (Å²) < 4.78 is 5.64. The summed E-state index contributed by atoms with van der Waals surface area (Å²) in [6, 6.07) is 6.20. The van der Waals surface area contributed by atoms with Crippen LogP contribution in [0.25, 0.3) is 0 Å². The van der Waals surface area contributed by atoms with Crippen molar-refractivity contribution in [3.05, 3.63) is 40.9 Å². The number of hydrogen-bond acceptors (Lipinski definition) is 2. The largest absolute Gasteiger partial charge is 0.488 e. The van der Waals surface area contributed by atoms with Gasteiger partial charge in [0.1, 0.15) is 12.4 Å². The molecule has 17 heavy (non-hydrogen) atoms. The van der Waals surface area contributed by atoms with Gasteiger partial charge in [-0.3, -0.25) is 0 Å². The Hall–Kier alpha value is -0.990. The predicted molar refractivity (Wildman–Crippen MR) is 74.0 cm³/mol. The van der Waals surface area contributed by atoms with Crippen LogP contribution >= 0.6 is 11.6 Å². The normalized spacial score (nSPS) is 10.6. The van der Waals surface area contributed by atoms with E-state index >= 15 is 0 Å². The second-order valence-electron chi connectivity index (χ2n) is 4.51. The molecule has 0 saturated heterocycles. The molecule has 94 valence electrons. The van der Waals surface area contributed by atoms with Crippen molar-refractivity contribution in [1.82, 2.24) is 5.32 Å². The minimum Gasteiger partial charge on any atom is -0.488 e. The first-order chi connectivity index (χ1) is 7.99. The number of halogens is 1. The van der Waals surface area contributed by atoms with Crippen LogP contribution in [-0.2, 0) is 0 Å². The van der Waals surface area contributed by atoms with Crippen molar-refractivity contribution in [3.8, 4) is 5.75 Å². The molecule has 0 aliphatic carbocycles. The third kappa shape index (κ3) is 5.24. The Balaban J connectivity index is 2.44. The molecule has 0 atom stereocenters. The fourth-order valence-corrected chi connectivity index (χ4v) is 1.47. The minimum absolute atomic E-state index is 0.453. The first-order valence-corrected chi connectivity index (χ1v) is 6.16. The van der Waals surface area contributed by atoms with Crippen LogP contribution in [0.15, 0.2) is 30.4 Å². The van der Waals surface area contributed by atoms with Gasteiger partial charge in [-0.25, -0.2) is 0 Å². The second-order valence-corrected chi connectivity index (χ2v) is 4.92. The minimum atomic E-state index is 0.453. The monoisotopic (exact) mass is 253 g/mol. The maximum Gasteiger partial charge on any atom is 0.138 e. The summed E-state index contributed by atoms with van der Waals surface area (Å²) in [7, 11) is 0. The first-order valence-electron chi connectivity index (χ1n) is 5.78. The van der Waals surface area contributed by atoms with Crippen molar-refractivity contribution < 1.29 is 4.74 Å². The highest BCUT2D eigenvalue weighted by Gasteiger charge is 2.03. The van der Waals surface area contributed by atoms with E-state index in [1.807, 2.05) is 25.1 Å². The summed E-state index contributed by atoms with van der Waals surface area (Å²) in [6.45, 7) is 11.4. The van der Waals surface area contributed by atoms with E-state index in [9.17, 15) is 0 Å². The Labute approximate surface area is 109 Å². The zero-order chi connectivity index (χ0) is 12.8. The Kier molecular flexibility index (Phi) is 5.52. The number of rotatable bonds is 6. The molecule has 0 saturated carbocycles. The topological polar surface area (TPSA) is 21.3 Å². The fourth-order valence-electron chi connectivity index (χ4n) is 1.30. The molecule has 0 bridgehead atoms. The SMILES string of the molecule is C=C(CNC(C)C)COc1cc(C)ccc1Cl. The fraction of sp³-hybridized carbons (Fsp3) is 0.429. The van der Waals surface area contributed by atoms with Crippen molar-refractivity contribution >= 4 is 11.6 Å². The van der Waals surface area contributed by atoms with Crippen molar-refractivity contribution in [2.75, 3.05) is 13.2 Å². The zero-order valence-corrected chi connectivity index (χ0v) is 11.5. The van der Waals surface area contributed by atoms with Crippen LogP contribution in [0.3, 0.4) is 0 Å². The lowest BCUT2D eigenvalue weighted by Crippen LogP contribution is -2.26. The summed E-state index contributed by atoms with van der Waals surface area (Å²) in [6.07, 6.45) is 0. The summed E-state index contributed by atoms with van der Waals surface area (Å²) in [4.78, 5) is 0. The molecule has 0 heterocycles. The number of benzene rings is 1. The van der Waals surface area contributed by atoms with Gasteiger partial charge >= 0.3 is 0 Å². The Morgan fingerprint density at radius 1 is 1.47 bits per heavy atom. The van der Waals surface area contributed by atoms with Crippen LogP contribution in [0.5, 0.6) is 5.75 Å². The average molecular weight is 254 g/mol. The third-order valence-corrected chi connectivity index (χ3v) is 2.59. The van der Waals surface area contributed by atoms with Gasteiger partial charge < -0.3 is 10.1 Å². The third-order valence-electron chi connectivity index (χ3n) is 2.28. The standard InChI is InChI=1S/C14H20ClNO/c1-10(2)16-8-12(4)9-17-14-7-11(3)5-6-13(14)15/h5-7,10,16H,4,8-9H2,1-3H3. The average Bonchev–Trinajstić information content (AvgIpc) is 2.27. The first kappa shape index (κ1) is 14.1. The van der Waals surface area contributed by atoms with Crippen LogP contribution in [0.4, 0.5) is 0 Å². The van der Waals surface area contributed by atoms with Gasteiger partial charge in [-0.1, -0.05) is 38.1 Å². The van der Waals surface area contributed by atoms with E-state index in [-0.39, 0.29) is 0 Å². The lowest BCUT2D eigenvalue weighted by molar-refractivity contribution is 0.347. The molecule has 1 N–H and O–H groups in total. The summed E-state index contributed by atoms with van der Waals surface area (Å²) >= 11 is 6.04. The van der Waals surface area contributed by atoms with E-state index in [1.165, 1.54) is 0 Å². The van der Waals surface area contributed by atoms with Gasteiger partial charge in [-0.05, 0) is 30.2 Å². The lowest BCUT2D eigenvalue weighted by Gasteiger charge is -2.13. The van der Waals surface area contributed by atoms with E-state index in [0.29, 0.717) is 17.7 Å². The molecule has 0 spiro atoms. The van der Waals surface area contributed by atoms with Crippen LogP contribution in [0, 0.1) is 6.92 Å². The molecule has 1 aromatic carbocycles. The molecule has 2 nitrogen and oxygen atoms in total. The second kappa shape index (κ2) is 6.67. The van der Waals surface area contributed by atoms with Crippen LogP contribution in [0.2, 0.25) is 5.02 Å². The number of hydrogen-bond donors (Lipinski definition) is 1. The van der Waals surface area contributed by atoms with Crippen molar-refractivity contribution in [3.63, 3.8) is 0 Å². The molecule has 0 aromatic heterocycles. The number of aryl methyl sites for hydroxylation is 1. The van der Waals surface area contributed by atoms with E-state index in [0.717, 1.165) is 23.4 Å². The van der Waals surface area contributed by atoms with Crippen LogP contribution in [0.1, 0.15) is 19.4 Å². The predicted octanol–water partition coefficient (Wildman–Crippen LogP) is 3.58. The van der Waals surface area contributed by atoms with Crippen molar-refractivity contribution in [2.45, 2.75) is 26.8 Å². The Bertz CT molecular complexity index is 388. The highest BCUT2D eigenvalue weighted by Crippen LogP contribution is 2.25. The summed E-state index contributed by atoms with van der Waals surface area (Å²) in [5.74, 6) is 0.720. The molecule has 3 heteroatoms. The van der Waals surface area contributed by atoms with E-state index in [4.69, 9.17) is 16.3 Å². The highest BCUT2D eigenvalue weighted by atomic mass is 35.5. The van der Waals surface area contributed by atoms with Gasteiger partial charge in [0.2, 0.25) is 0 Å². The molecular formula is C14H20ClNO. The van der Waals surface area contributed by atoms with Gasteiger partial charge in [0.15, 0.2) is 0 Å². The van der Waals surface area contributed by atoms with E-state index in [2.05, 4.69) is 25.7 Å². The van der Waals surface area contributed by atoms with Gasteiger partial charge in [-0.15, -0.1) is 0 Å². The quantitative estimate of drug-likeness (QED) is 0.783. The van der Waals surface area contributed by atoms with Gasteiger partial charge in [0.05, 0.1) is 5.02 Å². The maximum atomic E-state index is 6.04. The Morgan fingerprint density at radius 3 is 2.82 bits per heavy atom. The van der Waals surface area contributed by atoms with Gasteiger partial charge in [0.25, 0.3) is 0 Å². The zero-order valence-electron chi connectivity index (χ0n) is 10.7. The lowest BCUT2D eigenvalue weighted by atomic mass is 10.2. The van der Waals surface area contributed by atoms with E-state index in [1.54, 1.807) is 0 Å². The molecule has 0 unspecified atom stereocenters. The smallest absolute Gasteiger partial charge is 0.138 e. The number of nitrogens with one attached hydrogen (secondary N) is 1. The summed E-state index contributed by atoms with van der Waals surface area (Å²) in [5.41, 5.74) is 2.14. The molecule has 0 aliphatic heterocycles. The van der Waals surface area contributed by atoms with E-state index < -0.39 is 0 Å². The molecule has 0 radical (unpaired) electrons. The van der Waals surface area contributed by atoms with Crippen LogP contribution < -0.4 is 10.1 Å². The van der Waals surface area contributed by atoms with Crippen molar-refractivity contribution in [2.24, 2.45) is 0 Å². The molecule has 1 rings (SSSR count). The maximum absolute atomic E-state index is 6.04. The van der Waals surface area contributed by atoms with Crippen molar-refractivity contribution in [1.29, 1.82) is 0 Å². The van der Waals surface area contributed by atoms with Crippen LogP contribution in [-0.4, -0.2) is 19.2 Å². The number of ether oxygens (including phenoxy) is 1. The van der Waals surface area contributed by atoms with Gasteiger partial charge in [0, 0.05) is 12.6 Å². The van der Waals surface area contributed by atoms with Gasteiger partial charge in [-0.2, -0.15) is 0 Å².